The summed E-state index contributed by atoms with van der Waals surface area (Å²) < 4.78 is 5.40. The number of nitriles is 1. The molecule has 6 heteroatoms. The SMILES string of the molecule is Cc1ccnc(N2CCC(N(C)CC(=O)OC(C)(C)C)CC2)c1C#N. The van der Waals surface area contributed by atoms with Crippen LogP contribution in [0.3, 0.4) is 0 Å². The number of carbonyl (C=O) groups excluding carboxylic acids is 1. The fraction of sp³-hybridized carbons (Fsp3) is 0.632. The van der Waals surface area contributed by atoms with E-state index in [2.05, 4.69) is 20.9 Å². The maximum atomic E-state index is 12.0. The molecule has 0 spiro atoms. The summed E-state index contributed by atoms with van der Waals surface area (Å²) in [5, 5.41) is 9.39. The van der Waals surface area contributed by atoms with Gasteiger partial charge in [-0.15, -0.1) is 0 Å². The van der Waals surface area contributed by atoms with Gasteiger partial charge in [-0.25, -0.2) is 4.98 Å². The summed E-state index contributed by atoms with van der Waals surface area (Å²) >= 11 is 0. The zero-order valence-electron chi connectivity index (χ0n) is 15.9. The molecule has 2 heterocycles. The highest BCUT2D eigenvalue weighted by Crippen LogP contribution is 2.25. The lowest BCUT2D eigenvalue weighted by molar-refractivity contribution is -0.156. The summed E-state index contributed by atoms with van der Waals surface area (Å²) in [4.78, 5) is 20.6. The number of hydrogen-bond donors (Lipinski definition) is 0. The predicted molar refractivity (Wildman–Crippen MR) is 97.4 cm³/mol. The molecule has 1 aliphatic rings. The van der Waals surface area contributed by atoms with Crippen molar-refractivity contribution in [2.45, 2.75) is 52.2 Å². The topological polar surface area (TPSA) is 69.5 Å². The molecule has 2 rings (SSSR count). The Balaban J connectivity index is 1.93. The van der Waals surface area contributed by atoms with Crippen molar-refractivity contribution in [2.75, 3.05) is 31.6 Å². The van der Waals surface area contributed by atoms with E-state index in [4.69, 9.17) is 4.74 Å². The highest BCUT2D eigenvalue weighted by molar-refractivity contribution is 5.72. The lowest BCUT2D eigenvalue weighted by Gasteiger charge is -2.37. The summed E-state index contributed by atoms with van der Waals surface area (Å²) in [5.74, 6) is 0.584. The largest absolute Gasteiger partial charge is 0.459 e. The molecule has 0 saturated carbocycles. The Morgan fingerprint density at radius 2 is 2.08 bits per heavy atom. The Hall–Kier alpha value is -2.13. The minimum Gasteiger partial charge on any atom is -0.459 e. The van der Waals surface area contributed by atoms with Crippen LogP contribution in [0, 0.1) is 18.3 Å². The number of aryl methyl sites for hydroxylation is 1. The van der Waals surface area contributed by atoms with Gasteiger partial charge in [-0.2, -0.15) is 5.26 Å². The number of likely N-dealkylation sites (N-methyl/N-ethyl adjacent to an activating group) is 1. The molecule has 136 valence electrons. The van der Waals surface area contributed by atoms with Crippen molar-refractivity contribution in [1.29, 1.82) is 5.26 Å². The summed E-state index contributed by atoms with van der Waals surface area (Å²) in [6.45, 7) is 9.53. The van der Waals surface area contributed by atoms with Crippen LogP contribution in [0.2, 0.25) is 0 Å². The molecule has 6 nitrogen and oxygen atoms in total. The van der Waals surface area contributed by atoms with Crippen LogP contribution in [0.1, 0.15) is 44.7 Å². The molecule has 1 saturated heterocycles. The number of anilines is 1. The average Bonchev–Trinajstić information content (AvgIpc) is 2.52. The fourth-order valence-corrected chi connectivity index (χ4v) is 3.15. The molecule has 25 heavy (non-hydrogen) atoms. The first-order valence-electron chi connectivity index (χ1n) is 8.74. The third-order valence-electron chi connectivity index (χ3n) is 4.44. The van der Waals surface area contributed by atoms with Gasteiger partial charge in [-0.1, -0.05) is 0 Å². The average molecular weight is 344 g/mol. The van der Waals surface area contributed by atoms with Crippen molar-refractivity contribution in [1.82, 2.24) is 9.88 Å². The predicted octanol–water partition coefficient (Wildman–Crippen LogP) is 2.50. The second-order valence-corrected chi connectivity index (χ2v) is 7.66. The van der Waals surface area contributed by atoms with Crippen molar-refractivity contribution >= 4 is 11.8 Å². The van der Waals surface area contributed by atoms with Crippen LogP contribution in [0.4, 0.5) is 5.82 Å². The normalized spacial score (nSPS) is 16.0. The first-order valence-corrected chi connectivity index (χ1v) is 8.74. The van der Waals surface area contributed by atoms with E-state index >= 15 is 0 Å². The van der Waals surface area contributed by atoms with Crippen molar-refractivity contribution in [3.05, 3.63) is 23.4 Å². The van der Waals surface area contributed by atoms with E-state index in [1.165, 1.54) is 0 Å². The van der Waals surface area contributed by atoms with Crippen LogP contribution in [0.15, 0.2) is 12.3 Å². The summed E-state index contributed by atoms with van der Waals surface area (Å²) in [6.07, 6.45) is 3.62. The minimum atomic E-state index is -0.453. The molecule has 0 unspecified atom stereocenters. The van der Waals surface area contributed by atoms with E-state index in [0.717, 1.165) is 37.3 Å². The molecule has 0 aromatic carbocycles. The molecule has 1 aromatic heterocycles. The highest BCUT2D eigenvalue weighted by Gasteiger charge is 2.27. The number of esters is 1. The second-order valence-electron chi connectivity index (χ2n) is 7.66. The standard InChI is InChI=1S/C19H28N4O2/c1-14-6-9-21-18(16(14)12-20)23-10-7-15(8-11-23)22(5)13-17(24)25-19(2,3)4/h6,9,15H,7-8,10-11,13H2,1-5H3. The molecule has 0 atom stereocenters. The quantitative estimate of drug-likeness (QED) is 0.782. The fourth-order valence-electron chi connectivity index (χ4n) is 3.15. The molecule has 1 aliphatic heterocycles. The first-order chi connectivity index (χ1) is 11.7. The summed E-state index contributed by atoms with van der Waals surface area (Å²) in [6, 6.07) is 4.46. The molecule has 0 aliphatic carbocycles. The van der Waals surface area contributed by atoms with Gasteiger partial charge in [0.25, 0.3) is 0 Å². The molecular weight excluding hydrogens is 316 g/mol. The van der Waals surface area contributed by atoms with Crippen LogP contribution in [-0.4, -0.2) is 54.2 Å². The molecule has 0 radical (unpaired) electrons. The Bertz CT molecular complexity index is 652. The minimum absolute atomic E-state index is 0.190. The monoisotopic (exact) mass is 344 g/mol. The van der Waals surface area contributed by atoms with E-state index in [1.54, 1.807) is 6.20 Å². The van der Waals surface area contributed by atoms with Crippen molar-refractivity contribution < 1.29 is 9.53 Å². The second kappa shape index (κ2) is 7.83. The number of nitrogens with zero attached hydrogens (tertiary/aromatic N) is 4. The smallest absolute Gasteiger partial charge is 0.320 e. The zero-order chi connectivity index (χ0) is 18.6. The molecular formula is C19H28N4O2. The van der Waals surface area contributed by atoms with Gasteiger partial charge in [0.1, 0.15) is 17.5 Å². The highest BCUT2D eigenvalue weighted by atomic mass is 16.6. The summed E-state index contributed by atoms with van der Waals surface area (Å²) in [5.41, 5.74) is 1.16. The molecule has 0 bridgehead atoms. The summed E-state index contributed by atoms with van der Waals surface area (Å²) in [7, 11) is 1.97. The number of hydrogen-bond acceptors (Lipinski definition) is 6. The van der Waals surface area contributed by atoms with Gasteiger partial charge in [0.05, 0.1) is 12.1 Å². The van der Waals surface area contributed by atoms with E-state index < -0.39 is 5.60 Å². The molecule has 1 aromatic rings. The van der Waals surface area contributed by atoms with Crippen LogP contribution in [0.5, 0.6) is 0 Å². The van der Waals surface area contributed by atoms with Gasteiger partial charge in [-0.3, -0.25) is 9.69 Å². The first kappa shape index (κ1) is 19.2. The van der Waals surface area contributed by atoms with Gasteiger partial charge in [-0.05, 0) is 59.2 Å². The lowest BCUT2D eigenvalue weighted by Crippen LogP contribution is -2.46. The van der Waals surface area contributed by atoms with Gasteiger partial charge in [0, 0.05) is 25.3 Å². The van der Waals surface area contributed by atoms with Gasteiger partial charge >= 0.3 is 5.97 Å². The Labute approximate surface area is 150 Å². The van der Waals surface area contributed by atoms with Crippen LogP contribution in [0.25, 0.3) is 0 Å². The number of aromatic nitrogens is 1. The van der Waals surface area contributed by atoms with Crippen molar-refractivity contribution in [2.24, 2.45) is 0 Å². The number of ether oxygens (including phenoxy) is 1. The molecule has 0 amide bonds. The van der Waals surface area contributed by atoms with Gasteiger partial charge in [0.15, 0.2) is 0 Å². The number of carbonyl (C=O) groups is 1. The number of rotatable bonds is 4. The lowest BCUT2D eigenvalue weighted by atomic mass is 10.0. The maximum Gasteiger partial charge on any atom is 0.320 e. The molecule has 1 fully saturated rings. The number of pyridine rings is 1. The number of piperidine rings is 1. The van der Waals surface area contributed by atoms with Crippen molar-refractivity contribution in [3.63, 3.8) is 0 Å². The Morgan fingerprint density at radius 1 is 1.44 bits per heavy atom. The maximum absolute atomic E-state index is 12.0. The Morgan fingerprint density at radius 3 is 2.64 bits per heavy atom. The van der Waals surface area contributed by atoms with E-state index in [9.17, 15) is 10.1 Å². The molecule has 0 N–H and O–H groups in total. The Kier molecular flexibility index (Phi) is 6.02. The van der Waals surface area contributed by atoms with E-state index in [0.29, 0.717) is 18.2 Å². The third-order valence-corrected chi connectivity index (χ3v) is 4.44. The van der Waals surface area contributed by atoms with E-state index in [1.807, 2.05) is 40.8 Å². The van der Waals surface area contributed by atoms with E-state index in [-0.39, 0.29) is 5.97 Å². The van der Waals surface area contributed by atoms with Crippen LogP contribution in [-0.2, 0) is 9.53 Å². The third kappa shape index (κ3) is 5.17. The van der Waals surface area contributed by atoms with Gasteiger partial charge in [0.2, 0.25) is 0 Å². The van der Waals surface area contributed by atoms with Crippen LogP contribution < -0.4 is 4.90 Å². The van der Waals surface area contributed by atoms with Crippen LogP contribution >= 0.6 is 0 Å². The van der Waals surface area contributed by atoms with Gasteiger partial charge < -0.3 is 9.64 Å². The zero-order valence-corrected chi connectivity index (χ0v) is 15.9. The van der Waals surface area contributed by atoms with Crippen molar-refractivity contribution in [3.8, 4) is 6.07 Å².